The number of carbonyl (C=O) groups is 1. The monoisotopic (exact) mass is 590 g/mol. The van der Waals surface area contributed by atoms with Gasteiger partial charge in [-0.3, -0.25) is 4.79 Å². The molecule has 1 fully saturated rings. The van der Waals surface area contributed by atoms with Crippen molar-refractivity contribution in [1.29, 1.82) is 0 Å². The van der Waals surface area contributed by atoms with Crippen LogP contribution >= 0.6 is 34.4 Å². The van der Waals surface area contributed by atoms with Crippen molar-refractivity contribution in [1.82, 2.24) is 5.32 Å². The van der Waals surface area contributed by atoms with Crippen LogP contribution in [-0.2, 0) is 11.4 Å². The van der Waals surface area contributed by atoms with Gasteiger partial charge in [0, 0.05) is 5.56 Å². The van der Waals surface area contributed by atoms with E-state index in [1.165, 1.54) is 24.9 Å². The molecule has 9 heteroatoms. The van der Waals surface area contributed by atoms with Crippen LogP contribution in [0.1, 0.15) is 11.1 Å². The lowest BCUT2D eigenvalue weighted by Gasteiger charge is -2.14. The number of aliphatic imine (C=N–C) groups is 1. The second-order valence-corrected chi connectivity index (χ2v) is 9.29. The third kappa shape index (κ3) is 5.71. The molecule has 4 rings (SSSR count). The summed E-state index contributed by atoms with van der Waals surface area (Å²) in [4.78, 5) is 17.5. The van der Waals surface area contributed by atoms with E-state index in [1.807, 2.05) is 30.3 Å². The summed E-state index contributed by atoms with van der Waals surface area (Å²) in [5.74, 6) is 1.18. The van der Waals surface area contributed by atoms with Crippen LogP contribution in [0.25, 0.3) is 6.08 Å². The highest BCUT2D eigenvalue weighted by Gasteiger charge is 2.24. The summed E-state index contributed by atoms with van der Waals surface area (Å²) in [7, 11) is 3.14. The Morgan fingerprint density at radius 3 is 2.56 bits per heavy atom. The van der Waals surface area contributed by atoms with Gasteiger partial charge in [-0.05, 0) is 88.5 Å². The van der Waals surface area contributed by atoms with Crippen molar-refractivity contribution < 1.29 is 23.4 Å². The quantitative estimate of drug-likeness (QED) is 0.274. The standard InChI is InChI=1S/C25H20FIN2O4S/c1-31-18-9-7-17(8-10-18)28-25-29-24(30)22(34-25)13-15-11-20(27)23(21(12-15)32-2)33-14-16-5-3-4-6-19(16)26/h3-13H,14H2,1-2H3,(H,28,29,30)/b22-13+. The highest BCUT2D eigenvalue weighted by molar-refractivity contribution is 14.1. The molecule has 0 aromatic heterocycles. The van der Waals surface area contributed by atoms with Gasteiger partial charge in [0.2, 0.25) is 0 Å². The molecule has 0 saturated carbocycles. The van der Waals surface area contributed by atoms with Gasteiger partial charge in [0.1, 0.15) is 18.2 Å². The summed E-state index contributed by atoms with van der Waals surface area (Å²) in [5.41, 5.74) is 1.93. The van der Waals surface area contributed by atoms with E-state index >= 15 is 0 Å². The minimum Gasteiger partial charge on any atom is -0.497 e. The summed E-state index contributed by atoms with van der Waals surface area (Å²) < 4.78 is 31.2. The van der Waals surface area contributed by atoms with E-state index in [4.69, 9.17) is 14.2 Å². The number of hydrogen-bond acceptors (Lipinski definition) is 6. The lowest BCUT2D eigenvalue weighted by Crippen LogP contribution is -2.19. The SMILES string of the molecule is COc1ccc(N=C2NC(=O)/C(=C\c3cc(I)c(OCc4ccccc4F)c(OC)c3)S2)cc1. The molecular formula is C25H20FIN2O4S. The first-order valence-corrected chi connectivity index (χ1v) is 12.0. The third-order valence-corrected chi connectivity index (χ3v) is 6.54. The Morgan fingerprint density at radius 2 is 1.85 bits per heavy atom. The van der Waals surface area contributed by atoms with Gasteiger partial charge in [0.25, 0.3) is 5.91 Å². The molecule has 1 amide bonds. The van der Waals surface area contributed by atoms with Crippen LogP contribution in [0, 0.1) is 9.39 Å². The van der Waals surface area contributed by atoms with Gasteiger partial charge in [0.05, 0.1) is 28.4 Å². The van der Waals surface area contributed by atoms with Crippen molar-refractivity contribution in [3.63, 3.8) is 0 Å². The molecule has 3 aromatic carbocycles. The Labute approximate surface area is 214 Å². The molecule has 0 aliphatic carbocycles. The summed E-state index contributed by atoms with van der Waals surface area (Å²) in [6.45, 7) is 0.0723. The second-order valence-electron chi connectivity index (χ2n) is 7.09. The minimum atomic E-state index is -0.325. The van der Waals surface area contributed by atoms with E-state index in [1.54, 1.807) is 37.5 Å². The molecule has 1 aliphatic rings. The number of methoxy groups -OCH3 is 2. The van der Waals surface area contributed by atoms with Gasteiger partial charge < -0.3 is 19.5 Å². The Bertz CT molecular complexity index is 1280. The number of benzene rings is 3. The van der Waals surface area contributed by atoms with Gasteiger partial charge in [-0.2, -0.15) is 0 Å². The fraction of sp³-hybridized carbons (Fsp3) is 0.120. The second kappa shape index (κ2) is 10.9. The van der Waals surface area contributed by atoms with E-state index in [9.17, 15) is 9.18 Å². The van der Waals surface area contributed by atoms with Crippen LogP contribution in [0.15, 0.2) is 70.6 Å². The average Bonchev–Trinajstić information content (AvgIpc) is 3.17. The van der Waals surface area contributed by atoms with Crippen molar-refractivity contribution in [3.8, 4) is 17.2 Å². The highest BCUT2D eigenvalue weighted by Crippen LogP contribution is 2.36. The summed E-state index contributed by atoms with van der Waals surface area (Å²) in [6, 6.07) is 17.4. The van der Waals surface area contributed by atoms with Crippen molar-refractivity contribution in [3.05, 3.63) is 86.1 Å². The number of nitrogens with one attached hydrogen (secondary N) is 1. The van der Waals surface area contributed by atoms with Crippen LogP contribution in [0.5, 0.6) is 17.2 Å². The molecule has 0 radical (unpaired) electrons. The van der Waals surface area contributed by atoms with E-state index in [-0.39, 0.29) is 18.3 Å². The van der Waals surface area contributed by atoms with Crippen LogP contribution in [0.3, 0.4) is 0 Å². The summed E-state index contributed by atoms with van der Waals surface area (Å²) >= 11 is 3.39. The van der Waals surface area contributed by atoms with Crippen LogP contribution in [-0.4, -0.2) is 25.3 Å². The first-order valence-electron chi connectivity index (χ1n) is 10.1. The number of halogens is 2. The Morgan fingerprint density at radius 1 is 1.09 bits per heavy atom. The zero-order chi connectivity index (χ0) is 24.1. The predicted molar refractivity (Wildman–Crippen MR) is 140 cm³/mol. The summed E-state index contributed by atoms with van der Waals surface area (Å²) in [5, 5.41) is 3.27. The molecule has 3 aromatic rings. The molecule has 1 N–H and O–H groups in total. The zero-order valence-corrected chi connectivity index (χ0v) is 21.3. The fourth-order valence-electron chi connectivity index (χ4n) is 3.13. The number of ether oxygens (including phenoxy) is 3. The number of carbonyl (C=O) groups excluding carboxylic acids is 1. The molecule has 0 spiro atoms. The Balaban J connectivity index is 1.53. The normalized spacial score (nSPS) is 15.5. The number of amidine groups is 1. The minimum absolute atomic E-state index is 0.0723. The molecule has 174 valence electrons. The van der Waals surface area contributed by atoms with E-state index in [2.05, 4.69) is 32.9 Å². The number of thioether (sulfide) groups is 1. The Hall–Kier alpha value is -3.05. The van der Waals surface area contributed by atoms with Crippen molar-refractivity contribution in [2.75, 3.05) is 14.2 Å². The molecular weight excluding hydrogens is 570 g/mol. The number of nitrogens with zero attached hydrogens (tertiary/aromatic N) is 1. The van der Waals surface area contributed by atoms with E-state index in [0.29, 0.717) is 32.8 Å². The third-order valence-electron chi connectivity index (χ3n) is 4.83. The topological polar surface area (TPSA) is 69.2 Å². The lowest BCUT2D eigenvalue weighted by molar-refractivity contribution is -0.115. The van der Waals surface area contributed by atoms with Crippen LogP contribution in [0.4, 0.5) is 10.1 Å². The maximum Gasteiger partial charge on any atom is 0.264 e. The van der Waals surface area contributed by atoms with Crippen LogP contribution in [0.2, 0.25) is 0 Å². The molecule has 1 saturated heterocycles. The molecule has 1 aliphatic heterocycles. The van der Waals surface area contributed by atoms with Crippen molar-refractivity contribution in [2.45, 2.75) is 6.61 Å². The average molecular weight is 590 g/mol. The predicted octanol–water partition coefficient (Wildman–Crippen LogP) is 5.92. The van der Waals surface area contributed by atoms with Gasteiger partial charge in [-0.15, -0.1) is 0 Å². The van der Waals surface area contributed by atoms with Crippen molar-refractivity contribution in [2.24, 2.45) is 4.99 Å². The van der Waals surface area contributed by atoms with Gasteiger partial charge in [0.15, 0.2) is 16.7 Å². The van der Waals surface area contributed by atoms with Gasteiger partial charge >= 0.3 is 0 Å². The number of hydrogen-bond donors (Lipinski definition) is 1. The number of amides is 1. The van der Waals surface area contributed by atoms with Crippen LogP contribution < -0.4 is 19.5 Å². The van der Waals surface area contributed by atoms with Crippen molar-refractivity contribution >= 4 is 57.2 Å². The smallest absolute Gasteiger partial charge is 0.264 e. The summed E-state index contributed by atoms with van der Waals surface area (Å²) in [6.07, 6.45) is 1.77. The molecule has 1 heterocycles. The first-order chi connectivity index (χ1) is 16.5. The fourth-order valence-corrected chi connectivity index (χ4v) is 4.76. The molecule has 34 heavy (non-hydrogen) atoms. The van der Waals surface area contributed by atoms with E-state index in [0.717, 1.165) is 14.9 Å². The Kier molecular flexibility index (Phi) is 7.73. The maximum absolute atomic E-state index is 13.9. The lowest BCUT2D eigenvalue weighted by atomic mass is 10.1. The maximum atomic E-state index is 13.9. The number of rotatable bonds is 7. The molecule has 0 bridgehead atoms. The van der Waals surface area contributed by atoms with Gasteiger partial charge in [-0.25, -0.2) is 9.38 Å². The largest absolute Gasteiger partial charge is 0.497 e. The van der Waals surface area contributed by atoms with E-state index < -0.39 is 0 Å². The molecule has 0 unspecified atom stereocenters. The highest BCUT2D eigenvalue weighted by atomic mass is 127. The molecule has 6 nitrogen and oxygen atoms in total. The zero-order valence-electron chi connectivity index (χ0n) is 18.3. The van der Waals surface area contributed by atoms with Gasteiger partial charge in [-0.1, -0.05) is 18.2 Å². The molecule has 0 atom stereocenters. The first kappa shape index (κ1) is 24.1.